The van der Waals surface area contributed by atoms with E-state index in [2.05, 4.69) is 10.3 Å². The zero-order chi connectivity index (χ0) is 23.4. The molecule has 0 amide bonds. The van der Waals surface area contributed by atoms with Crippen LogP contribution in [0.3, 0.4) is 0 Å². The Morgan fingerprint density at radius 3 is 2.62 bits per heavy atom. The Morgan fingerprint density at radius 1 is 1.25 bits per heavy atom. The second-order valence-corrected chi connectivity index (χ2v) is 8.21. The minimum absolute atomic E-state index is 0.0406. The summed E-state index contributed by atoms with van der Waals surface area (Å²) in [4.78, 5) is 4.38. The first-order valence-corrected chi connectivity index (χ1v) is 10.1. The number of pyridine rings is 1. The number of hydrogen-bond acceptors (Lipinski definition) is 4. The van der Waals surface area contributed by atoms with Gasteiger partial charge in [-0.1, -0.05) is 23.7 Å². The van der Waals surface area contributed by atoms with Crippen molar-refractivity contribution in [2.24, 2.45) is 0 Å². The number of rotatable bonds is 2. The zero-order valence-corrected chi connectivity index (χ0v) is 17.8. The van der Waals surface area contributed by atoms with Crippen molar-refractivity contribution in [2.45, 2.75) is 38.1 Å². The fraction of sp³-hybridized carbons (Fsp3) is 0.261. The monoisotopic (exact) mass is 466 g/mol. The molecule has 0 bridgehead atoms. The Bertz CT molecular complexity index is 1260. The lowest BCUT2D eigenvalue weighted by molar-refractivity contribution is -0.265. The van der Waals surface area contributed by atoms with Gasteiger partial charge in [0.05, 0.1) is 16.6 Å². The zero-order valence-electron chi connectivity index (χ0n) is 17.1. The number of phenols is 1. The van der Waals surface area contributed by atoms with Gasteiger partial charge in [-0.15, -0.1) is 0 Å². The summed E-state index contributed by atoms with van der Waals surface area (Å²) >= 11 is 5.87. The molecule has 3 aromatic rings. The van der Waals surface area contributed by atoms with E-state index in [0.29, 0.717) is 10.9 Å². The van der Waals surface area contributed by atoms with Crippen LogP contribution in [-0.4, -0.2) is 27.0 Å². The Balaban J connectivity index is 1.98. The summed E-state index contributed by atoms with van der Waals surface area (Å²) in [5.74, 6) is -1.99. The summed E-state index contributed by atoms with van der Waals surface area (Å²) < 4.78 is 57.0. The van der Waals surface area contributed by atoms with Gasteiger partial charge >= 0.3 is 6.18 Å². The predicted molar refractivity (Wildman–Crippen MR) is 115 cm³/mol. The molecule has 2 atom stereocenters. The molecule has 4 rings (SSSR count). The van der Waals surface area contributed by atoms with E-state index < -0.39 is 40.8 Å². The van der Waals surface area contributed by atoms with Crippen LogP contribution in [0.4, 0.5) is 23.2 Å². The van der Waals surface area contributed by atoms with E-state index in [1.807, 2.05) is 0 Å². The average Bonchev–Trinajstić information content (AvgIpc) is 2.72. The Labute approximate surface area is 186 Å². The predicted octanol–water partition coefficient (Wildman–Crippen LogP) is 6.29. The van der Waals surface area contributed by atoms with E-state index in [0.717, 1.165) is 11.8 Å². The van der Waals surface area contributed by atoms with Gasteiger partial charge in [0.15, 0.2) is 17.2 Å². The summed E-state index contributed by atoms with van der Waals surface area (Å²) in [6, 6.07) is 7.56. The lowest BCUT2D eigenvalue weighted by atomic mass is 9.72. The topological polar surface area (TPSA) is 65.4 Å². The molecule has 0 radical (unpaired) electrons. The number of aryl methyl sites for hydroxylation is 1. The van der Waals surface area contributed by atoms with E-state index >= 15 is 0 Å². The maximum atomic E-state index is 14.3. The molecular weight excluding hydrogens is 448 g/mol. The first-order valence-electron chi connectivity index (χ1n) is 9.76. The number of benzene rings is 2. The maximum Gasteiger partial charge on any atom is 0.419 e. The molecule has 4 nitrogen and oxygen atoms in total. The number of alkyl halides is 3. The van der Waals surface area contributed by atoms with Gasteiger partial charge in [0, 0.05) is 28.8 Å². The third kappa shape index (κ3) is 3.38. The first kappa shape index (κ1) is 22.4. The molecule has 1 aliphatic carbocycles. The summed E-state index contributed by atoms with van der Waals surface area (Å²) in [6.45, 7) is 3.24. The third-order valence-electron chi connectivity index (χ3n) is 5.81. The van der Waals surface area contributed by atoms with Gasteiger partial charge in [-0.05, 0) is 55.3 Å². The number of hydrogen-bond donors (Lipinski definition) is 3. The fourth-order valence-electron chi connectivity index (χ4n) is 4.18. The highest BCUT2D eigenvalue weighted by Gasteiger charge is 2.62. The lowest BCUT2D eigenvalue weighted by Crippen LogP contribution is -2.54. The molecule has 2 aromatic carbocycles. The van der Waals surface area contributed by atoms with Crippen molar-refractivity contribution in [3.8, 4) is 5.75 Å². The molecule has 1 aliphatic rings. The highest BCUT2D eigenvalue weighted by molar-refractivity contribution is 6.31. The number of aromatic hydroxyl groups is 1. The molecule has 0 spiro atoms. The van der Waals surface area contributed by atoms with E-state index in [1.54, 1.807) is 37.3 Å². The van der Waals surface area contributed by atoms with Crippen molar-refractivity contribution < 1.29 is 27.8 Å². The number of nitrogens with zero attached hydrogens (tertiary/aromatic N) is 1. The number of anilines is 1. The van der Waals surface area contributed by atoms with Gasteiger partial charge in [-0.3, -0.25) is 4.98 Å². The van der Waals surface area contributed by atoms with Crippen LogP contribution < -0.4 is 5.32 Å². The molecule has 1 heterocycles. The normalized spacial score (nSPS) is 22.2. The number of phenolic OH excluding ortho intramolecular Hbond substituents is 1. The largest absolute Gasteiger partial charge is 0.504 e. The van der Waals surface area contributed by atoms with Crippen molar-refractivity contribution in [3.63, 3.8) is 0 Å². The van der Waals surface area contributed by atoms with Crippen molar-refractivity contribution in [3.05, 3.63) is 70.1 Å². The highest BCUT2D eigenvalue weighted by Crippen LogP contribution is 2.55. The van der Waals surface area contributed by atoms with Gasteiger partial charge in [-0.2, -0.15) is 13.2 Å². The molecule has 168 valence electrons. The van der Waals surface area contributed by atoms with Crippen molar-refractivity contribution in [1.29, 1.82) is 0 Å². The van der Waals surface area contributed by atoms with Gasteiger partial charge in [0.25, 0.3) is 0 Å². The molecular formula is C23H19ClF4N2O2. The van der Waals surface area contributed by atoms with Crippen LogP contribution in [0, 0.1) is 12.7 Å². The Morgan fingerprint density at radius 2 is 1.97 bits per heavy atom. The van der Waals surface area contributed by atoms with E-state index in [1.165, 1.54) is 13.0 Å². The smallest absolute Gasteiger partial charge is 0.419 e. The molecule has 0 fully saturated rings. The quantitative estimate of drug-likeness (QED) is 0.388. The van der Waals surface area contributed by atoms with Crippen molar-refractivity contribution in [2.75, 3.05) is 5.32 Å². The molecule has 0 saturated carbocycles. The molecule has 9 heteroatoms. The highest BCUT2D eigenvalue weighted by atomic mass is 35.5. The number of halogens is 5. The van der Waals surface area contributed by atoms with Crippen LogP contribution >= 0.6 is 11.6 Å². The fourth-order valence-corrected chi connectivity index (χ4v) is 4.39. The van der Waals surface area contributed by atoms with Crippen LogP contribution in [0.25, 0.3) is 16.5 Å². The van der Waals surface area contributed by atoms with Gasteiger partial charge in [0.2, 0.25) is 0 Å². The molecule has 3 N–H and O–H groups in total. The molecule has 32 heavy (non-hydrogen) atoms. The molecule has 0 unspecified atom stereocenters. The standard InChI is InChI=1S/C23H19ClF4N2O2/c1-3-12-10-22(32,23(26,27)28)21(14-9-15(24)19(25)20(31)18(12)14)30-17-6-4-5-16-13(17)8-7-11(2)29-16/h3-9,21,30-32H,10H2,1-2H3/b12-3+/t21-,22+/m0/s1. The summed E-state index contributed by atoms with van der Waals surface area (Å²) in [5.41, 5.74) is -2.00. The van der Waals surface area contributed by atoms with Gasteiger partial charge in [0.1, 0.15) is 0 Å². The number of aromatic nitrogens is 1. The Hall–Kier alpha value is -2.84. The van der Waals surface area contributed by atoms with Crippen LogP contribution in [0.1, 0.15) is 36.2 Å². The SMILES string of the molecule is C/C=C1\C[C@](O)(C(F)(F)F)[C@@H](Nc2cccc3nc(C)ccc23)c2cc(Cl)c(F)c(O)c21. The summed E-state index contributed by atoms with van der Waals surface area (Å²) in [7, 11) is 0. The number of nitrogens with one attached hydrogen (secondary N) is 1. The number of aliphatic hydroxyl groups is 1. The van der Waals surface area contributed by atoms with Crippen molar-refractivity contribution >= 4 is 33.8 Å². The molecule has 0 saturated heterocycles. The van der Waals surface area contributed by atoms with Gasteiger partial charge in [-0.25, -0.2) is 4.39 Å². The second-order valence-electron chi connectivity index (χ2n) is 7.80. The lowest BCUT2D eigenvalue weighted by Gasteiger charge is -2.44. The maximum absolute atomic E-state index is 14.3. The third-order valence-corrected chi connectivity index (χ3v) is 6.08. The summed E-state index contributed by atoms with van der Waals surface area (Å²) in [5, 5.41) is 24.1. The van der Waals surface area contributed by atoms with Crippen LogP contribution in [0.5, 0.6) is 5.75 Å². The number of allylic oxidation sites excluding steroid dienone is 1. The van der Waals surface area contributed by atoms with Gasteiger partial charge < -0.3 is 15.5 Å². The second kappa shape index (κ2) is 7.64. The van der Waals surface area contributed by atoms with Crippen LogP contribution in [0.15, 0.2) is 42.5 Å². The number of fused-ring (bicyclic) bond motifs is 2. The molecule has 0 aliphatic heterocycles. The molecule has 1 aromatic heterocycles. The first-order chi connectivity index (χ1) is 15.0. The minimum atomic E-state index is -5.05. The van der Waals surface area contributed by atoms with E-state index in [-0.39, 0.29) is 22.4 Å². The Kier molecular flexibility index (Phi) is 5.33. The summed E-state index contributed by atoms with van der Waals surface area (Å²) in [6.07, 6.45) is -4.62. The van der Waals surface area contributed by atoms with E-state index in [4.69, 9.17) is 11.6 Å². The van der Waals surface area contributed by atoms with Crippen molar-refractivity contribution in [1.82, 2.24) is 4.98 Å². The van der Waals surface area contributed by atoms with Crippen LogP contribution in [-0.2, 0) is 0 Å². The van der Waals surface area contributed by atoms with E-state index in [9.17, 15) is 27.8 Å². The minimum Gasteiger partial charge on any atom is -0.504 e. The average molecular weight is 467 g/mol. The van der Waals surface area contributed by atoms with Crippen LogP contribution in [0.2, 0.25) is 5.02 Å².